The first-order chi connectivity index (χ1) is 11.9. The summed E-state index contributed by atoms with van der Waals surface area (Å²) in [6.45, 7) is 5.02. The minimum atomic E-state index is -1.04. The number of carboxylic acid groups (broad SMARTS) is 1. The van der Waals surface area contributed by atoms with Crippen molar-refractivity contribution in [3.05, 3.63) is 30.1 Å². The molecule has 0 bridgehead atoms. The number of allylic oxidation sites excluding steroid dienone is 2. The summed E-state index contributed by atoms with van der Waals surface area (Å²) in [7, 11) is 0. The first-order valence-corrected chi connectivity index (χ1v) is 9.16. The number of carbonyl (C=O) groups excluding carboxylic acids is 1. The van der Waals surface area contributed by atoms with Crippen molar-refractivity contribution in [3.8, 4) is 0 Å². The van der Waals surface area contributed by atoms with Crippen molar-refractivity contribution >= 4 is 11.9 Å². The second-order valence-corrected chi connectivity index (χ2v) is 7.53. The molecular weight excluding hydrogens is 318 g/mol. The average molecular weight is 345 g/mol. The monoisotopic (exact) mass is 345 g/mol. The predicted molar refractivity (Wildman–Crippen MR) is 94.2 cm³/mol. The third-order valence-electron chi connectivity index (χ3n) is 5.53. The summed E-state index contributed by atoms with van der Waals surface area (Å²) in [5.74, 6) is -0.123. The number of hydrogen-bond donors (Lipinski definition) is 1. The summed E-state index contributed by atoms with van der Waals surface area (Å²) in [6, 6.07) is 1.89. The molecule has 0 saturated carbocycles. The Bertz CT molecular complexity index is 669. The Hall–Kier alpha value is -2.11. The maximum atomic E-state index is 12.5. The van der Waals surface area contributed by atoms with Gasteiger partial charge in [-0.3, -0.25) is 9.48 Å². The number of amides is 1. The van der Waals surface area contributed by atoms with E-state index in [9.17, 15) is 14.7 Å². The van der Waals surface area contributed by atoms with Gasteiger partial charge in [0.15, 0.2) is 5.54 Å². The van der Waals surface area contributed by atoms with Crippen LogP contribution in [0.5, 0.6) is 0 Å². The molecule has 1 aromatic rings. The van der Waals surface area contributed by atoms with E-state index in [2.05, 4.69) is 17.3 Å². The van der Waals surface area contributed by atoms with Crippen LogP contribution in [0, 0.1) is 5.92 Å². The van der Waals surface area contributed by atoms with Crippen LogP contribution in [0.4, 0.5) is 0 Å². The number of aromatic nitrogens is 2. The Morgan fingerprint density at radius 1 is 1.36 bits per heavy atom. The topological polar surface area (TPSA) is 75.4 Å². The quantitative estimate of drug-likeness (QED) is 0.833. The zero-order valence-electron chi connectivity index (χ0n) is 15.0. The van der Waals surface area contributed by atoms with Crippen LogP contribution >= 0.6 is 0 Å². The van der Waals surface area contributed by atoms with Crippen LogP contribution < -0.4 is 0 Å². The Morgan fingerprint density at radius 3 is 2.60 bits per heavy atom. The molecule has 2 aliphatic rings. The third-order valence-corrected chi connectivity index (χ3v) is 5.53. The van der Waals surface area contributed by atoms with Gasteiger partial charge in [0.25, 0.3) is 0 Å². The molecule has 0 radical (unpaired) electrons. The molecule has 1 atom stereocenters. The van der Waals surface area contributed by atoms with Crippen LogP contribution in [-0.4, -0.2) is 44.8 Å². The summed E-state index contributed by atoms with van der Waals surface area (Å²) in [5.41, 5.74) is -0.149. The SMILES string of the molecule is CC(C)c1ccn(C2(C(=O)O)CCN(C(=O)CC3C=CCC3)CC2)n1. The van der Waals surface area contributed by atoms with Crippen LogP contribution in [0.1, 0.15) is 57.6 Å². The van der Waals surface area contributed by atoms with E-state index >= 15 is 0 Å². The highest BCUT2D eigenvalue weighted by Crippen LogP contribution is 2.32. The summed E-state index contributed by atoms with van der Waals surface area (Å²) in [6.07, 6.45) is 9.46. The molecule has 6 nitrogen and oxygen atoms in total. The molecule has 1 fully saturated rings. The van der Waals surface area contributed by atoms with Gasteiger partial charge < -0.3 is 10.0 Å². The van der Waals surface area contributed by atoms with Crippen molar-refractivity contribution in [1.82, 2.24) is 14.7 Å². The van der Waals surface area contributed by atoms with Gasteiger partial charge in [-0.2, -0.15) is 5.10 Å². The van der Waals surface area contributed by atoms with E-state index in [1.165, 1.54) is 0 Å². The smallest absolute Gasteiger partial charge is 0.331 e. The van der Waals surface area contributed by atoms with E-state index in [4.69, 9.17) is 0 Å². The Labute approximate surface area is 148 Å². The van der Waals surface area contributed by atoms with Gasteiger partial charge in [0.2, 0.25) is 5.91 Å². The summed E-state index contributed by atoms with van der Waals surface area (Å²) in [4.78, 5) is 26.3. The van der Waals surface area contributed by atoms with Crippen LogP contribution in [0.25, 0.3) is 0 Å². The molecular formula is C19H27N3O3. The molecule has 1 N–H and O–H groups in total. The van der Waals surface area contributed by atoms with E-state index in [-0.39, 0.29) is 11.8 Å². The molecule has 136 valence electrons. The van der Waals surface area contributed by atoms with Crippen LogP contribution in [0.15, 0.2) is 24.4 Å². The maximum Gasteiger partial charge on any atom is 0.331 e. The van der Waals surface area contributed by atoms with Crippen molar-refractivity contribution in [2.45, 2.75) is 57.4 Å². The number of carbonyl (C=O) groups is 2. The highest BCUT2D eigenvalue weighted by atomic mass is 16.4. The minimum Gasteiger partial charge on any atom is -0.479 e. The molecule has 3 rings (SSSR count). The predicted octanol–water partition coefficient (Wildman–Crippen LogP) is 2.77. The molecule has 1 aromatic heterocycles. The molecule has 2 heterocycles. The number of hydrogen-bond acceptors (Lipinski definition) is 3. The molecule has 25 heavy (non-hydrogen) atoms. The number of aliphatic carboxylic acids is 1. The van der Waals surface area contributed by atoms with Gasteiger partial charge in [0.1, 0.15) is 0 Å². The van der Waals surface area contributed by atoms with Crippen molar-refractivity contribution in [3.63, 3.8) is 0 Å². The van der Waals surface area contributed by atoms with Crippen molar-refractivity contribution in [1.29, 1.82) is 0 Å². The third kappa shape index (κ3) is 3.48. The van der Waals surface area contributed by atoms with E-state index < -0.39 is 11.5 Å². The van der Waals surface area contributed by atoms with E-state index in [0.29, 0.717) is 38.3 Å². The van der Waals surface area contributed by atoms with E-state index in [1.807, 2.05) is 24.8 Å². The van der Waals surface area contributed by atoms with Crippen molar-refractivity contribution < 1.29 is 14.7 Å². The second-order valence-electron chi connectivity index (χ2n) is 7.53. The Kier molecular flexibility index (Phi) is 4.97. The number of likely N-dealkylation sites (tertiary alicyclic amines) is 1. The van der Waals surface area contributed by atoms with Gasteiger partial charge in [-0.1, -0.05) is 26.0 Å². The lowest BCUT2D eigenvalue weighted by molar-refractivity contribution is -0.153. The highest BCUT2D eigenvalue weighted by Gasteiger charge is 2.45. The largest absolute Gasteiger partial charge is 0.479 e. The fourth-order valence-corrected chi connectivity index (χ4v) is 3.77. The fourth-order valence-electron chi connectivity index (χ4n) is 3.77. The summed E-state index contributed by atoms with van der Waals surface area (Å²) in [5, 5.41) is 14.4. The first-order valence-electron chi connectivity index (χ1n) is 9.16. The van der Waals surface area contributed by atoms with Crippen molar-refractivity contribution in [2.24, 2.45) is 5.92 Å². The minimum absolute atomic E-state index is 0.138. The average Bonchev–Trinajstić information content (AvgIpc) is 3.26. The zero-order valence-corrected chi connectivity index (χ0v) is 15.0. The van der Waals surface area contributed by atoms with Gasteiger partial charge in [-0.15, -0.1) is 0 Å². The molecule has 0 spiro atoms. The number of carboxylic acids is 1. The summed E-state index contributed by atoms with van der Waals surface area (Å²) < 4.78 is 1.60. The van der Waals surface area contributed by atoms with Gasteiger partial charge in [-0.25, -0.2) is 4.79 Å². The first kappa shape index (κ1) is 17.7. The molecule has 1 unspecified atom stereocenters. The van der Waals surface area contributed by atoms with Crippen LogP contribution in [0.3, 0.4) is 0 Å². The molecule has 1 aliphatic carbocycles. The molecule has 1 aliphatic heterocycles. The number of piperidine rings is 1. The Balaban J connectivity index is 1.68. The van der Waals surface area contributed by atoms with Crippen LogP contribution in [0.2, 0.25) is 0 Å². The van der Waals surface area contributed by atoms with Crippen molar-refractivity contribution in [2.75, 3.05) is 13.1 Å². The lowest BCUT2D eigenvalue weighted by Crippen LogP contribution is -2.52. The van der Waals surface area contributed by atoms with Gasteiger partial charge in [0, 0.05) is 38.5 Å². The number of nitrogens with zero attached hydrogens (tertiary/aromatic N) is 3. The molecule has 0 aromatic carbocycles. The van der Waals surface area contributed by atoms with Gasteiger partial charge >= 0.3 is 5.97 Å². The standard InChI is InChI=1S/C19H27N3O3/c1-14(2)16-7-10-22(20-16)19(18(24)25)8-11-21(12-9-19)17(23)13-15-5-3-4-6-15/h3,5,7,10,14-15H,4,6,8-9,11-13H2,1-2H3,(H,24,25). The van der Waals surface area contributed by atoms with Crippen LogP contribution in [-0.2, 0) is 15.1 Å². The van der Waals surface area contributed by atoms with E-state index in [0.717, 1.165) is 18.5 Å². The molecule has 1 saturated heterocycles. The normalized spacial score (nSPS) is 22.5. The lowest BCUT2D eigenvalue weighted by atomic mass is 9.87. The lowest BCUT2D eigenvalue weighted by Gasteiger charge is -2.39. The summed E-state index contributed by atoms with van der Waals surface area (Å²) >= 11 is 0. The maximum absolute atomic E-state index is 12.5. The number of rotatable bonds is 5. The second kappa shape index (κ2) is 7.02. The fraction of sp³-hybridized carbons (Fsp3) is 0.632. The Morgan fingerprint density at radius 2 is 2.08 bits per heavy atom. The molecule has 1 amide bonds. The highest BCUT2D eigenvalue weighted by molar-refractivity contribution is 5.79. The van der Waals surface area contributed by atoms with Gasteiger partial charge in [0.05, 0.1) is 5.69 Å². The zero-order chi connectivity index (χ0) is 18.0. The van der Waals surface area contributed by atoms with Gasteiger partial charge in [-0.05, 0) is 30.7 Å². The van der Waals surface area contributed by atoms with E-state index in [1.54, 1.807) is 10.9 Å². The molecule has 6 heteroatoms.